The first kappa shape index (κ1) is 30.5. The fourth-order valence-corrected chi connectivity index (χ4v) is 3.93. The van der Waals surface area contributed by atoms with E-state index in [1.165, 1.54) is 6.92 Å². The molecule has 0 fully saturated rings. The predicted octanol–water partition coefficient (Wildman–Crippen LogP) is 0.765. The summed E-state index contributed by atoms with van der Waals surface area (Å²) in [6.45, 7) is 5.12. The zero-order valence-electron chi connectivity index (χ0n) is 22.0. The average molecular weight is 527 g/mol. The molecule has 3 amide bonds. The van der Waals surface area contributed by atoms with Crippen molar-refractivity contribution < 1.29 is 29.4 Å². The van der Waals surface area contributed by atoms with Crippen molar-refractivity contribution in [2.24, 2.45) is 11.7 Å². The van der Waals surface area contributed by atoms with Crippen LogP contribution in [0.3, 0.4) is 0 Å². The van der Waals surface area contributed by atoms with Crippen LogP contribution in [0.4, 0.5) is 0 Å². The lowest BCUT2D eigenvalue weighted by Crippen LogP contribution is -2.59. The van der Waals surface area contributed by atoms with Gasteiger partial charge in [0.1, 0.15) is 12.1 Å². The molecule has 0 bridgehead atoms. The molecule has 0 aliphatic heterocycles. The Morgan fingerprint density at radius 2 is 1.16 bits per heavy atom. The van der Waals surface area contributed by atoms with Gasteiger partial charge in [0.25, 0.3) is 0 Å². The van der Waals surface area contributed by atoms with Crippen molar-refractivity contribution in [2.75, 3.05) is 0 Å². The van der Waals surface area contributed by atoms with Crippen LogP contribution < -0.4 is 21.7 Å². The SMILES string of the molecule is CC(C)CC(N)C(=O)NC(Cc1ccccc1)C(=O)NC(Cc1ccccc1)C(=O)NC(C(=O)O)C(C)O. The number of amides is 3. The normalized spacial score (nSPS) is 15.0. The van der Waals surface area contributed by atoms with Crippen LogP contribution in [0.15, 0.2) is 60.7 Å². The van der Waals surface area contributed by atoms with Crippen molar-refractivity contribution >= 4 is 23.7 Å². The van der Waals surface area contributed by atoms with Gasteiger partial charge in [-0.15, -0.1) is 0 Å². The second-order valence-electron chi connectivity index (χ2n) is 9.80. The molecule has 0 aliphatic rings. The number of aliphatic hydroxyl groups excluding tert-OH is 1. The lowest BCUT2D eigenvalue weighted by atomic mass is 10.0. The zero-order valence-corrected chi connectivity index (χ0v) is 22.0. The molecule has 38 heavy (non-hydrogen) atoms. The van der Waals surface area contributed by atoms with Gasteiger partial charge in [-0.1, -0.05) is 74.5 Å². The lowest BCUT2D eigenvalue weighted by Gasteiger charge is -2.26. The number of hydrogen-bond acceptors (Lipinski definition) is 6. The Kier molecular flexibility index (Phi) is 11.9. The molecule has 0 spiro atoms. The maximum atomic E-state index is 13.5. The van der Waals surface area contributed by atoms with Gasteiger partial charge >= 0.3 is 5.97 Å². The van der Waals surface area contributed by atoms with Gasteiger partial charge in [0.15, 0.2) is 6.04 Å². The summed E-state index contributed by atoms with van der Waals surface area (Å²) < 4.78 is 0. The Morgan fingerprint density at radius 1 is 0.737 bits per heavy atom. The van der Waals surface area contributed by atoms with Crippen molar-refractivity contribution in [3.8, 4) is 0 Å². The predicted molar refractivity (Wildman–Crippen MR) is 143 cm³/mol. The minimum atomic E-state index is -1.56. The molecule has 2 aromatic carbocycles. The molecule has 5 atom stereocenters. The minimum Gasteiger partial charge on any atom is -0.480 e. The fraction of sp³-hybridized carbons (Fsp3) is 0.429. The molecule has 10 heteroatoms. The summed E-state index contributed by atoms with van der Waals surface area (Å²) in [7, 11) is 0. The summed E-state index contributed by atoms with van der Waals surface area (Å²) >= 11 is 0. The third kappa shape index (κ3) is 9.95. The van der Waals surface area contributed by atoms with Gasteiger partial charge < -0.3 is 31.9 Å². The number of rotatable bonds is 14. The van der Waals surface area contributed by atoms with Crippen LogP contribution in [-0.2, 0) is 32.0 Å². The summed E-state index contributed by atoms with van der Waals surface area (Å²) in [6.07, 6.45) is -0.723. The third-order valence-corrected chi connectivity index (χ3v) is 5.94. The quantitative estimate of drug-likeness (QED) is 0.211. The van der Waals surface area contributed by atoms with Gasteiger partial charge in [-0.3, -0.25) is 14.4 Å². The van der Waals surface area contributed by atoms with Crippen molar-refractivity contribution in [3.63, 3.8) is 0 Å². The molecule has 0 aromatic heterocycles. The van der Waals surface area contributed by atoms with Gasteiger partial charge in [-0.05, 0) is 30.4 Å². The van der Waals surface area contributed by atoms with E-state index in [0.717, 1.165) is 11.1 Å². The number of aliphatic hydroxyl groups is 1. The van der Waals surface area contributed by atoms with Gasteiger partial charge in [0.05, 0.1) is 12.1 Å². The number of nitrogens with two attached hydrogens (primary N) is 1. The Balaban J connectivity index is 2.30. The van der Waals surface area contributed by atoms with E-state index in [1.54, 1.807) is 30.3 Å². The summed E-state index contributed by atoms with van der Waals surface area (Å²) in [6, 6.07) is 13.4. The molecular weight excluding hydrogens is 488 g/mol. The molecule has 0 aliphatic carbocycles. The molecule has 0 radical (unpaired) electrons. The van der Waals surface area contributed by atoms with E-state index in [0.29, 0.717) is 6.42 Å². The van der Waals surface area contributed by atoms with E-state index in [-0.39, 0.29) is 18.8 Å². The number of carboxylic acids is 1. The van der Waals surface area contributed by atoms with Gasteiger partial charge in [0, 0.05) is 12.8 Å². The van der Waals surface area contributed by atoms with Crippen molar-refractivity contribution in [3.05, 3.63) is 71.8 Å². The van der Waals surface area contributed by atoms with Crippen LogP contribution in [0.1, 0.15) is 38.3 Å². The van der Waals surface area contributed by atoms with Gasteiger partial charge in [-0.25, -0.2) is 4.79 Å². The largest absolute Gasteiger partial charge is 0.480 e. The molecule has 0 saturated carbocycles. The highest BCUT2D eigenvalue weighted by molar-refractivity contribution is 5.94. The highest BCUT2D eigenvalue weighted by atomic mass is 16.4. The van der Waals surface area contributed by atoms with Crippen LogP contribution in [0.25, 0.3) is 0 Å². The summed E-state index contributed by atoms with van der Waals surface area (Å²) in [5, 5.41) is 26.9. The second-order valence-corrected chi connectivity index (χ2v) is 9.80. The maximum Gasteiger partial charge on any atom is 0.328 e. The summed E-state index contributed by atoms with van der Waals surface area (Å²) in [5.41, 5.74) is 7.54. The molecule has 0 saturated heterocycles. The highest BCUT2D eigenvalue weighted by Gasteiger charge is 2.32. The minimum absolute atomic E-state index is 0.0590. The van der Waals surface area contributed by atoms with Crippen LogP contribution in [0.5, 0.6) is 0 Å². The second kappa shape index (κ2) is 14.8. The monoisotopic (exact) mass is 526 g/mol. The number of aliphatic carboxylic acids is 1. The standard InChI is InChI=1S/C28H38N4O6/c1-17(2)14-21(29)25(34)30-22(15-19-10-6-4-7-11-19)26(35)31-23(16-20-12-8-5-9-13-20)27(36)32-24(18(3)33)28(37)38/h4-13,17-18,21-24,33H,14-16,29H2,1-3H3,(H,30,34)(H,31,35)(H,32,36)(H,37,38). The van der Waals surface area contributed by atoms with Gasteiger partial charge in [-0.2, -0.15) is 0 Å². The van der Waals surface area contributed by atoms with Gasteiger partial charge in [0.2, 0.25) is 17.7 Å². The molecular formula is C28H38N4O6. The van der Waals surface area contributed by atoms with E-state index in [4.69, 9.17) is 5.73 Å². The first-order chi connectivity index (χ1) is 18.0. The topological polar surface area (TPSA) is 171 Å². The van der Waals surface area contributed by atoms with Crippen molar-refractivity contribution in [1.29, 1.82) is 0 Å². The number of benzene rings is 2. The zero-order chi connectivity index (χ0) is 28.2. The third-order valence-electron chi connectivity index (χ3n) is 5.94. The van der Waals surface area contributed by atoms with E-state index in [1.807, 2.05) is 44.2 Å². The number of carbonyl (C=O) groups is 4. The van der Waals surface area contributed by atoms with E-state index >= 15 is 0 Å². The average Bonchev–Trinajstić information content (AvgIpc) is 2.86. The molecule has 7 N–H and O–H groups in total. The highest BCUT2D eigenvalue weighted by Crippen LogP contribution is 2.09. The Labute approximate surface area is 223 Å². The number of nitrogens with one attached hydrogen (secondary N) is 3. The van der Waals surface area contributed by atoms with Crippen molar-refractivity contribution in [2.45, 2.75) is 70.3 Å². The summed E-state index contributed by atoms with van der Waals surface area (Å²) in [5.74, 6) is -3.13. The van der Waals surface area contributed by atoms with Crippen LogP contribution in [0.2, 0.25) is 0 Å². The van der Waals surface area contributed by atoms with E-state index < -0.39 is 54.0 Å². The lowest BCUT2D eigenvalue weighted by molar-refractivity contribution is -0.145. The molecule has 2 aromatic rings. The first-order valence-corrected chi connectivity index (χ1v) is 12.6. The molecule has 206 valence electrons. The molecule has 10 nitrogen and oxygen atoms in total. The number of hydrogen-bond donors (Lipinski definition) is 6. The maximum absolute atomic E-state index is 13.5. The van der Waals surface area contributed by atoms with Crippen LogP contribution in [-0.4, -0.2) is 64.2 Å². The first-order valence-electron chi connectivity index (χ1n) is 12.6. The number of carbonyl (C=O) groups excluding carboxylic acids is 3. The summed E-state index contributed by atoms with van der Waals surface area (Å²) in [4.78, 5) is 50.9. The Morgan fingerprint density at radius 3 is 1.55 bits per heavy atom. The van der Waals surface area contributed by atoms with E-state index in [2.05, 4.69) is 16.0 Å². The fourth-order valence-electron chi connectivity index (χ4n) is 3.93. The Bertz CT molecular complexity index is 1060. The van der Waals surface area contributed by atoms with Crippen molar-refractivity contribution in [1.82, 2.24) is 16.0 Å². The van der Waals surface area contributed by atoms with Crippen LogP contribution >= 0.6 is 0 Å². The van der Waals surface area contributed by atoms with Crippen LogP contribution in [0, 0.1) is 5.92 Å². The molecule has 2 rings (SSSR count). The molecule has 0 heterocycles. The number of carboxylic acid groups (broad SMARTS) is 1. The smallest absolute Gasteiger partial charge is 0.328 e. The Hall–Kier alpha value is -3.76. The van der Waals surface area contributed by atoms with E-state index in [9.17, 15) is 29.4 Å². The molecule has 5 unspecified atom stereocenters.